The number of piperazine rings is 1. The third-order valence-corrected chi connectivity index (χ3v) is 2.63. The van der Waals surface area contributed by atoms with E-state index < -0.39 is 0 Å². The second kappa shape index (κ2) is 3.55. The van der Waals surface area contributed by atoms with Crippen molar-refractivity contribution in [2.45, 2.75) is 6.92 Å². The molecule has 0 amide bonds. The van der Waals surface area contributed by atoms with Gasteiger partial charge in [0, 0.05) is 20.0 Å². The van der Waals surface area contributed by atoms with Gasteiger partial charge in [0.05, 0.1) is 20.1 Å². The molecule has 0 saturated carbocycles. The summed E-state index contributed by atoms with van der Waals surface area (Å²) in [4.78, 5) is 2.18. The summed E-state index contributed by atoms with van der Waals surface area (Å²) in [5, 5.41) is 5.84. The van der Waals surface area contributed by atoms with Crippen LogP contribution < -0.4 is 15.3 Å². The molecule has 14 heavy (non-hydrogen) atoms. The first-order valence-corrected chi connectivity index (χ1v) is 4.75. The Hall–Kier alpha value is -1.14. The van der Waals surface area contributed by atoms with Crippen LogP contribution in [0.2, 0.25) is 0 Å². The van der Waals surface area contributed by atoms with Crippen LogP contribution in [-0.2, 0) is 7.05 Å². The summed E-state index contributed by atoms with van der Waals surface area (Å²) in [6.45, 7) is 5.43. The minimum absolute atomic E-state index is 0.815. The molecule has 0 atom stereocenters. The molecule has 1 aromatic rings. The number of aromatic nitrogens is 2. The van der Waals surface area contributed by atoms with Gasteiger partial charge in [-0.3, -0.25) is 15.3 Å². The molecule has 6 heteroatoms. The van der Waals surface area contributed by atoms with E-state index in [2.05, 4.69) is 10.1 Å². The molecule has 0 aromatic carbocycles. The zero-order valence-corrected chi connectivity index (χ0v) is 8.60. The quantitative estimate of drug-likeness (QED) is 0.454. The second-order valence-electron chi connectivity index (χ2n) is 3.58. The predicted molar refractivity (Wildman–Crippen MR) is 50.4 cm³/mol. The second-order valence-corrected chi connectivity index (χ2v) is 3.58. The highest BCUT2D eigenvalue weighted by Crippen LogP contribution is 2.08. The van der Waals surface area contributed by atoms with E-state index in [1.54, 1.807) is 0 Å². The summed E-state index contributed by atoms with van der Waals surface area (Å²) in [7, 11) is 1.95. The molecular weight excluding hydrogens is 182 g/mol. The number of hydrogen-bond acceptors (Lipinski definition) is 5. The lowest BCUT2D eigenvalue weighted by Crippen LogP contribution is -2.52. The van der Waals surface area contributed by atoms with Gasteiger partial charge in [-0.1, -0.05) is 0 Å². The van der Waals surface area contributed by atoms with E-state index in [1.807, 2.05) is 23.5 Å². The van der Waals surface area contributed by atoms with Gasteiger partial charge < -0.3 is 0 Å². The number of anilines is 1. The van der Waals surface area contributed by atoms with Crippen LogP contribution in [0.1, 0.15) is 5.89 Å². The van der Waals surface area contributed by atoms with Crippen molar-refractivity contribution in [3.63, 3.8) is 0 Å². The van der Waals surface area contributed by atoms with Crippen LogP contribution in [0.25, 0.3) is 0 Å². The lowest BCUT2D eigenvalue weighted by molar-refractivity contribution is -0.669. The Kier molecular flexibility index (Phi) is 2.39. The highest BCUT2D eigenvalue weighted by molar-refractivity contribution is 5.22. The lowest BCUT2D eigenvalue weighted by Gasteiger charge is -2.26. The maximum absolute atomic E-state index is 5.67. The summed E-state index contributed by atoms with van der Waals surface area (Å²) in [6, 6.07) is 0. The third-order valence-electron chi connectivity index (χ3n) is 2.63. The van der Waals surface area contributed by atoms with E-state index >= 15 is 0 Å². The van der Waals surface area contributed by atoms with Crippen molar-refractivity contribution >= 4 is 5.95 Å². The molecule has 1 fully saturated rings. The third kappa shape index (κ3) is 1.58. The molecule has 2 N–H and O–H groups in total. The maximum atomic E-state index is 5.67. The Morgan fingerprint density at radius 2 is 2.00 bits per heavy atom. The Morgan fingerprint density at radius 1 is 1.36 bits per heavy atom. The molecule has 1 aliphatic heterocycles. The molecule has 2 rings (SSSR count). The minimum Gasteiger partial charge on any atom is -0.269 e. The molecule has 1 saturated heterocycles. The molecule has 0 aliphatic carbocycles. The fourth-order valence-corrected chi connectivity index (χ4v) is 1.56. The standard InChI is InChI=1S/C8H16N5O/c1-7-11(2)8(10-14-7)12-3-5-13(9)6-4-12/h3-6,9H2,1-2H3/q+1. The average molecular weight is 198 g/mol. The molecule has 1 aromatic heterocycles. The molecule has 0 unspecified atom stereocenters. The fraction of sp³-hybridized carbons (Fsp3) is 0.750. The monoisotopic (exact) mass is 198 g/mol. The minimum atomic E-state index is 0.815. The van der Waals surface area contributed by atoms with Gasteiger partial charge in [0.1, 0.15) is 5.16 Å². The van der Waals surface area contributed by atoms with Crippen molar-refractivity contribution in [3.8, 4) is 0 Å². The normalized spacial score (nSPS) is 18.9. The SMILES string of the molecule is Cc1onc(N2CCN(N)CC2)[n+]1C. The first-order valence-electron chi connectivity index (χ1n) is 4.75. The van der Waals surface area contributed by atoms with Gasteiger partial charge >= 0.3 is 5.95 Å². The van der Waals surface area contributed by atoms with Crippen LogP contribution in [0.15, 0.2) is 4.52 Å². The van der Waals surface area contributed by atoms with Crippen LogP contribution in [0, 0.1) is 6.92 Å². The zero-order chi connectivity index (χ0) is 10.1. The Labute approximate surface area is 82.8 Å². The van der Waals surface area contributed by atoms with Crippen LogP contribution in [0.3, 0.4) is 0 Å². The molecule has 0 radical (unpaired) electrons. The summed E-state index contributed by atoms with van der Waals surface area (Å²) in [5.41, 5.74) is 0. The van der Waals surface area contributed by atoms with E-state index in [-0.39, 0.29) is 0 Å². The number of rotatable bonds is 1. The first kappa shape index (κ1) is 9.42. The molecule has 78 valence electrons. The van der Waals surface area contributed by atoms with E-state index in [0.29, 0.717) is 0 Å². The van der Waals surface area contributed by atoms with Crippen LogP contribution >= 0.6 is 0 Å². The van der Waals surface area contributed by atoms with Crippen LogP contribution in [0.4, 0.5) is 5.95 Å². The smallest absolute Gasteiger partial charge is 0.269 e. The van der Waals surface area contributed by atoms with Crippen molar-refractivity contribution in [2.24, 2.45) is 12.9 Å². The Morgan fingerprint density at radius 3 is 2.50 bits per heavy atom. The van der Waals surface area contributed by atoms with E-state index in [4.69, 9.17) is 10.4 Å². The number of nitrogens with zero attached hydrogens (tertiary/aromatic N) is 4. The summed E-state index contributed by atoms with van der Waals surface area (Å²) >= 11 is 0. The zero-order valence-electron chi connectivity index (χ0n) is 8.60. The van der Waals surface area contributed by atoms with E-state index in [0.717, 1.165) is 38.0 Å². The van der Waals surface area contributed by atoms with Crippen molar-refractivity contribution in [1.82, 2.24) is 10.2 Å². The maximum Gasteiger partial charge on any atom is 0.436 e. The van der Waals surface area contributed by atoms with Gasteiger partial charge in [0.15, 0.2) is 0 Å². The highest BCUT2D eigenvalue weighted by Gasteiger charge is 2.27. The van der Waals surface area contributed by atoms with Crippen molar-refractivity contribution in [3.05, 3.63) is 5.89 Å². The molecule has 2 heterocycles. The fourth-order valence-electron chi connectivity index (χ4n) is 1.56. The molecule has 1 aliphatic rings. The number of hydrazine groups is 1. The van der Waals surface area contributed by atoms with Gasteiger partial charge in [-0.15, -0.1) is 0 Å². The predicted octanol–water partition coefficient (Wildman–Crippen LogP) is -1.20. The molecular formula is C8H16N5O+. The largest absolute Gasteiger partial charge is 0.436 e. The molecule has 0 spiro atoms. The van der Waals surface area contributed by atoms with E-state index in [9.17, 15) is 0 Å². The summed E-state index contributed by atoms with van der Waals surface area (Å²) in [5.74, 6) is 7.37. The number of nitrogens with two attached hydrogens (primary N) is 1. The van der Waals surface area contributed by atoms with Crippen LogP contribution in [0.5, 0.6) is 0 Å². The van der Waals surface area contributed by atoms with Crippen molar-refractivity contribution < 1.29 is 9.09 Å². The topological polar surface area (TPSA) is 62.4 Å². The van der Waals surface area contributed by atoms with E-state index in [1.165, 1.54) is 0 Å². The van der Waals surface area contributed by atoms with Gasteiger partial charge in [-0.05, 0) is 0 Å². The van der Waals surface area contributed by atoms with Gasteiger partial charge in [0.25, 0.3) is 5.89 Å². The Bertz CT molecular complexity index is 316. The Balaban J connectivity index is 2.12. The highest BCUT2D eigenvalue weighted by atomic mass is 16.5. The summed E-state index contributed by atoms with van der Waals surface area (Å²) in [6.07, 6.45) is 0. The number of hydrogen-bond donors (Lipinski definition) is 1. The number of aryl methyl sites for hydroxylation is 1. The molecule has 0 bridgehead atoms. The van der Waals surface area contributed by atoms with Gasteiger partial charge in [-0.2, -0.15) is 4.57 Å². The van der Waals surface area contributed by atoms with Gasteiger partial charge in [-0.25, -0.2) is 5.01 Å². The first-order chi connectivity index (χ1) is 6.68. The van der Waals surface area contributed by atoms with Gasteiger partial charge in [0.2, 0.25) is 0 Å². The molecule has 6 nitrogen and oxygen atoms in total. The lowest BCUT2D eigenvalue weighted by atomic mass is 10.4. The van der Waals surface area contributed by atoms with Crippen molar-refractivity contribution in [2.75, 3.05) is 31.1 Å². The average Bonchev–Trinajstić information content (AvgIpc) is 2.50. The van der Waals surface area contributed by atoms with Crippen molar-refractivity contribution in [1.29, 1.82) is 0 Å². The van der Waals surface area contributed by atoms with Crippen LogP contribution in [-0.4, -0.2) is 36.3 Å². The summed E-state index contributed by atoms with van der Waals surface area (Å²) < 4.78 is 7.05.